The van der Waals surface area contributed by atoms with Crippen molar-refractivity contribution in [1.82, 2.24) is 0 Å². The molecule has 0 aliphatic heterocycles. The maximum Gasteiger partial charge on any atom is 0.0962 e. The first kappa shape index (κ1) is 11.5. The van der Waals surface area contributed by atoms with Crippen LogP contribution in [0.25, 0.3) is 0 Å². The van der Waals surface area contributed by atoms with Gasteiger partial charge in [-0.2, -0.15) is 0 Å². The molecule has 2 nitrogen and oxygen atoms in total. The minimum absolute atomic E-state index is 0.463. The van der Waals surface area contributed by atoms with E-state index in [1.165, 1.54) is 0 Å². The third-order valence-electron chi connectivity index (χ3n) is 2.61. The first-order valence-corrected chi connectivity index (χ1v) is 5.52. The first-order valence-electron chi connectivity index (χ1n) is 5.11. The largest absolute Gasteiger partial charge is 0.387 e. The number of allylic oxidation sites excluding steroid dienone is 1. The monoisotopic (exact) mass is 211 g/mol. The summed E-state index contributed by atoms with van der Waals surface area (Å²) in [5.74, 6) is 0. The van der Waals surface area contributed by atoms with E-state index in [-0.39, 0.29) is 0 Å². The van der Waals surface area contributed by atoms with Crippen LogP contribution in [0.15, 0.2) is 16.3 Å². The maximum absolute atomic E-state index is 9.81. The number of hydrogen-bond acceptors (Lipinski definition) is 3. The quantitative estimate of drug-likeness (QED) is 0.575. The Morgan fingerprint density at radius 2 is 2.36 bits per heavy atom. The molecule has 0 aromatic rings. The van der Waals surface area contributed by atoms with E-state index in [0.29, 0.717) is 5.70 Å². The van der Waals surface area contributed by atoms with E-state index < -0.39 is 6.10 Å². The Morgan fingerprint density at radius 3 is 2.93 bits per heavy atom. The van der Waals surface area contributed by atoms with Gasteiger partial charge in [-0.15, -0.1) is 0 Å². The van der Waals surface area contributed by atoms with Crippen LogP contribution in [0.3, 0.4) is 0 Å². The predicted octanol–water partition coefficient (Wildman–Crippen LogP) is 2.66. The van der Waals surface area contributed by atoms with Crippen molar-refractivity contribution in [3.8, 4) is 0 Å². The fourth-order valence-electron chi connectivity index (χ4n) is 1.80. The zero-order valence-corrected chi connectivity index (χ0v) is 9.44. The summed E-state index contributed by atoms with van der Waals surface area (Å²) in [4.78, 5) is 4.86. The Balaban J connectivity index is 3.01. The van der Waals surface area contributed by atoms with Crippen molar-refractivity contribution in [3.63, 3.8) is 0 Å². The van der Waals surface area contributed by atoms with Crippen LogP contribution >= 0.6 is 12.2 Å². The summed E-state index contributed by atoms with van der Waals surface area (Å²) in [6, 6.07) is 0. The molecule has 1 aliphatic carbocycles. The molecule has 0 amide bonds. The predicted molar refractivity (Wildman–Crippen MR) is 63.9 cm³/mol. The Kier molecular flexibility index (Phi) is 4.42. The van der Waals surface area contributed by atoms with Gasteiger partial charge in [0.05, 0.1) is 11.8 Å². The van der Waals surface area contributed by atoms with E-state index in [9.17, 15) is 5.11 Å². The third-order valence-corrected chi connectivity index (χ3v) is 3.14. The molecule has 1 aliphatic rings. The molecule has 1 N–H and O–H groups in total. The molecule has 0 aromatic heterocycles. The molecular formula is C11H17NOS. The second-order valence-corrected chi connectivity index (χ2v) is 4.05. The molecule has 0 fully saturated rings. The van der Waals surface area contributed by atoms with Crippen LogP contribution in [0, 0.1) is 0 Å². The number of nitrogens with zero attached hydrogens (tertiary/aromatic N) is 1. The molecule has 14 heavy (non-hydrogen) atoms. The van der Waals surface area contributed by atoms with E-state index in [1.807, 2.05) is 6.92 Å². The fraction of sp³-hybridized carbons (Fsp3) is 0.636. The highest BCUT2D eigenvalue weighted by atomic mass is 32.1. The molecule has 0 bridgehead atoms. The summed E-state index contributed by atoms with van der Waals surface area (Å²) in [6.07, 6.45) is 4.23. The molecule has 1 rings (SSSR count). The number of hydrogen-bond donors (Lipinski definition) is 1. The summed E-state index contributed by atoms with van der Waals surface area (Å²) < 4.78 is 0. The lowest BCUT2D eigenvalue weighted by Gasteiger charge is -2.12. The second kappa shape index (κ2) is 5.37. The lowest BCUT2D eigenvalue weighted by Crippen LogP contribution is -2.11. The van der Waals surface area contributed by atoms with Crippen molar-refractivity contribution < 1.29 is 5.11 Å². The van der Waals surface area contributed by atoms with Gasteiger partial charge in [0.25, 0.3) is 0 Å². The Bertz CT molecular complexity index is 270. The van der Waals surface area contributed by atoms with Crippen LogP contribution in [-0.4, -0.2) is 22.8 Å². The molecule has 0 saturated carbocycles. The topological polar surface area (TPSA) is 32.6 Å². The molecule has 0 aromatic carbocycles. The highest BCUT2D eigenvalue weighted by molar-refractivity contribution is 7.80. The standard InChI is InChI=1S/C11H17NOS/c1-3-10(14)8-6-4-5-7-9(13)11(8)12-2/h9,13H,2-7H2,1H3. The van der Waals surface area contributed by atoms with Gasteiger partial charge in [-0.3, -0.25) is 4.99 Å². The van der Waals surface area contributed by atoms with Gasteiger partial charge in [0.15, 0.2) is 0 Å². The van der Waals surface area contributed by atoms with Gasteiger partial charge in [-0.25, -0.2) is 0 Å². The number of aliphatic imine (C=N–C) groups is 1. The van der Waals surface area contributed by atoms with Gasteiger partial charge < -0.3 is 5.11 Å². The molecule has 78 valence electrons. The van der Waals surface area contributed by atoms with Gasteiger partial charge in [0.1, 0.15) is 0 Å². The average molecular weight is 211 g/mol. The number of aliphatic hydroxyl groups is 1. The molecule has 0 spiro atoms. The molecule has 0 radical (unpaired) electrons. The maximum atomic E-state index is 9.81. The van der Waals surface area contributed by atoms with Crippen LogP contribution < -0.4 is 0 Å². The summed E-state index contributed by atoms with van der Waals surface area (Å²) in [7, 11) is 0. The smallest absolute Gasteiger partial charge is 0.0962 e. The zero-order valence-electron chi connectivity index (χ0n) is 8.62. The van der Waals surface area contributed by atoms with Gasteiger partial charge in [0, 0.05) is 4.86 Å². The van der Waals surface area contributed by atoms with Crippen molar-refractivity contribution in [2.45, 2.75) is 45.1 Å². The van der Waals surface area contributed by atoms with E-state index in [4.69, 9.17) is 12.2 Å². The zero-order chi connectivity index (χ0) is 10.6. The number of thiocarbonyl (C=S) groups is 1. The van der Waals surface area contributed by atoms with Crippen LogP contribution in [0.2, 0.25) is 0 Å². The van der Waals surface area contributed by atoms with Crippen LogP contribution in [0.4, 0.5) is 0 Å². The first-order chi connectivity index (χ1) is 6.70. The van der Waals surface area contributed by atoms with E-state index >= 15 is 0 Å². The van der Waals surface area contributed by atoms with Gasteiger partial charge in [-0.1, -0.05) is 25.6 Å². The Morgan fingerprint density at radius 1 is 1.64 bits per heavy atom. The van der Waals surface area contributed by atoms with Crippen molar-refractivity contribution in [1.29, 1.82) is 0 Å². The van der Waals surface area contributed by atoms with Crippen molar-refractivity contribution in [3.05, 3.63) is 11.3 Å². The van der Waals surface area contributed by atoms with Gasteiger partial charge in [0.2, 0.25) is 0 Å². The average Bonchev–Trinajstić information content (AvgIpc) is 2.38. The van der Waals surface area contributed by atoms with Crippen LogP contribution in [-0.2, 0) is 0 Å². The van der Waals surface area contributed by atoms with Crippen LogP contribution in [0.5, 0.6) is 0 Å². The molecule has 1 atom stereocenters. The fourth-order valence-corrected chi connectivity index (χ4v) is 2.01. The van der Waals surface area contributed by atoms with Crippen molar-refractivity contribution >= 4 is 23.8 Å². The lowest BCUT2D eigenvalue weighted by atomic mass is 10.0. The van der Waals surface area contributed by atoms with Crippen molar-refractivity contribution in [2.75, 3.05) is 0 Å². The van der Waals surface area contributed by atoms with E-state index in [2.05, 4.69) is 11.7 Å². The molecule has 1 unspecified atom stereocenters. The SMILES string of the molecule is C=NC1=C(C(=S)CC)CCCCC1O. The van der Waals surface area contributed by atoms with Crippen molar-refractivity contribution in [2.24, 2.45) is 4.99 Å². The lowest BCUT2D eigenvalue weighted by molar-refractivity contribution is 0.198. The minimum Gasteiger partial charge on any atom is -0.387 e. The van der Waals surface area contributed by atoms with E-state index in [1.54, 1.807) is 0 Å². The summed E-state index contributed by atoms with van der Waals surface area (Å²) >= 11 is 5.27. The van der Waals surface area contributed by atoms with Gasteiger partial charge >= 0.3 is 0 Å². The Labute approximate surface area is 90.7 Å². The molecule has 3 heteroatoms. The van der Waals surface area contributed by atoms with E-state index in [0.717, 1.165) is 42.5 Å². The summed E-state index contributed by atoms with van der Waals surface area (Å²) in [5, 5.41) is 9.81. The molecule has 0 saturated heterocycles. The number of aliphatic hydroxyl groups excluding tert-OH is 1. The van der Waals surface area contributed by atoms with Crippen LogP contribution in [0.1, 0.15) is 39.0 Å². The molecular weight excluding hydrogens is 194 g/mol. The normalized spacial score (nSPS) is 23.1. The summed E-state index contributed by atoms with van der Waals surface area (Å²) in [6.45, 7) is 5.55. The minimum atomic E-state index is -0.463. The highest BCUT2D eigenvalue weighted by Gasteiger charge is 2.20. The number of rotatable bonds is 3. The van der Waals surface area contributed by atoms with Gasteiger partial charge in [-0.05, 0) is 38.0 Å². The highest BCUT2D eigenvalue weighted by Crippen LogP contribution is 2.26. The third kappa shape index (κ3) is 2.49. The summed E-state index contributed by atoms with van der Waals surface area (Å²) in [5.41, 5.74) is 1.77. The second-order valence-electron chi connectivity index (χ2n) is 3.56. The Hall–Kier alpha value is -0.540. The molecule has 0 heterocycles.